The van der Waals surface area contributed by atoms with Gasteiger partial charge in [0, 0.05) is 18.7 Å². The molecular weight excluding hydrogens is 1590 g/mol. The number of hydrogen-bond acceptors (Lipinski definition) is 27. The van der Waals surface area contributed by atoms with Gasteiger partial charge in [0.25, 0.3) is 0 Å². The van der Waals surface area contributed by atoms with Crippen molar-refractivity contribution in [2.75, 3.05) is 76.0 Å². The Kier molecular flexibility index (Phi) is 52.0. The van der Waals surface area contributed by atoms with Crippen molar-refractivity contribution in [2.24, 2.45) is 51.4 Å². The Labute approximate surface area is 683 Å². The lowest BCUT2D eigenvalue weighted by Crippen LogP contribution is -2.61. The summed E-state index contributed by atoms with van der Waals surface area (Å²) in [5.74, 6) is -22.9. The second kappa shape index (κ2) is 57.3. The molecule has 0 unspecified atom stereocenters. The van der Waals surface area contributed by atoms with Crippen LogP contribution in [-0.2, 0) is 95.9 Å². The van der Waals surface area contributed by atoms with Crippen LogP contribution >= 0.6 is 23.5 Å². The lowest BCUT2D eigenvalue weighted by molar-refractivity contribution is -0.142. The number of aliphatic hydroxyl groups is 2. The van der Waals surface area contributed by atoms with Crippen LogP contribution in [0.4, 0.5) is 0 Å². The number of unbranched alkanes of at least 4 members (excludes halogenated alkanes) is 1. The number of nitrogens with one attached hydrogen (secondary N) is 16. The average Bonchev–Trinajstić information content (AvgIpc) is 0.857. The Balaban J connectivity index is 6.17. The topological polar surface area (TPSA) is 777 Å². The van der Waals surface area contributed by atoms with Gasteiger partial charge in [-0.3, -0.25) is 96.1 Å². The Hall–Kier alpha value is -10.8. The molecule has 13 atom stereocenters. The molecule has 0 aliphatic carbocycles. The minimum Gasteiger partial charge on any atom is -0.481 e. The fourth-order valence-electron chi connectivity index (χ4n) is 10.2. The molecule has 47 nitrogen and oxygen atoms in total. The summed E-state index contributed by atoms with van der Waals surface area (Å²) < 4.78 is 0. The molecule has 17 amide bonds. The van der Waals surface area contributed by atoms with Crippen LogP contribution in [0.15, 0.2) is 4.99 Å². The number of amides is 17. The Bertz CT molecular complexity index is 3430. The minimum atomic E-state index is -1.92. The third-order valence-electron chi connectivity index (χ3n) is 16.4. The number of primary amides is 1. The zero-order valence-electron chi connectivity index (χ0n) is 66.8. The smallest absolute Gasteiger partial charge is 0.326 e. The molecule has 0 aromatic heterocycles. The molecular formula is C68H118N22O25S2. The molecule has 31 N–H and O–H groups in total. The van der Waals surface area contributed by atoms with Crippen LogP contribution in [0.25, 0.3) is 0 Å². The van der Waals surface area contributed by atoms with Gasteiger partial charge in [0.05, 0.1) is 57.6 Å². The normalized spacial score (nSPS) is 14.3. The van der Waals surface area contributed by atoms with Crippen LogP contribution in [0, 0.1) is 17.8 Å². The van der Waals surface area contributed by atoms with Gasteiger partial charge in [-0.25, -0.2) is 4.79 Å². The highest BCUT2D eigenvalue weighted by Crippen LogP contribution is 2.13. The number of carbonyl (C=O) groups excluding carboxylic acids is 17. The van der Waals surface area contributed by atoms with Gasteiger partial charge in [-0.05, 0) is 108 Å². The number of aliphatic imine (C=N–C) groups is 1. The molecule has 0 fully saturated rings. The molecule has 0 saturated heterocycles. The van der Waals surface area contributed by atoms with Crippen molar-refractivity contribution in [2.45, 2.75) is 205 Å². The van der Waals surface area contributed by atoms with Crippen LogP contribution < -0.4 is 114 Å². The number of hydrogen-bond donors (Lipinski definition) is 26. The summed E-state index contributed by atoms with van der Waals surface area (Å²) in [6.07, 6.45) is -0.450. The molecule has 0 aliphatic rings. The Morgan fingerprint density at radius 3 is 1.32 bits per heavy atom. The molecule has 0 aromatic carbocycles. The van der Waals surface area contributed by atoms with Crippen molar-refractivity contribution in [3.05, 3.63) is 0 Å². The molecule has 0 spiro atoms. The maximum absolute atomic E-state index is 14.0. The number of rotatable bonds is 60. The Morgan fingerprint density at radius 1 is 0.402 bits per heavy atom. The zero-order valence-corrected chi connectivity index (χ0v) is 68.5. The van der Waals surface area contributed by atoms with Gasteiger partial charge in [-0.2, -0.15) is 11.8 Å². The van der Waals surface area contributed by atoms with E-state index >= 15 is 0 Å². The summed E-state index contributed by atoms with van der Waals surface area (Å²) in [6, 6.07) is -19.9. The minimum absolute atomic E-state index is 0.0135. The maximum atomic E-state index is 14.0. The third-order valence-corrected chi connectivity index (χ3v) is 18.1. The Morgan fingerprint density at radius 2 is 0.812 bits per heavy atom. The van der Waals surface area contributed by atoms with Gasteiger partial charge in [0.1, 0.15) is 72.5 Å². The van der Waals surface area contributed by atoms with Crippen LogP contribution in [-0.4, -0.2) is 304 Å². The lowest BCUT2D eigenvalue weighted by Gasteiger charge is -2.28. The number of carboxylic acid groups (broad SMARTS) is 3. The molecule has 0 saturated carbocycles. The molecule has 0 heterocycles. The van der Waals surface area contributed by atoms with Gasteiger partial charge in [-0.15, -0.1) is 11.8 Å². The number of carbonyl (C=O) groups is 20. The van der Waals surface area contributed by atoms with Gasteiger partial charge in [0.2, 0.25) is 100 Å². The number of nitrogens with zero attached hydrogens (tertiary/aromatic N) is 1. The summed E-state index contributed by atoms with van der Waals surface area (Å²) in [5.41, 5.74) is 27.3. The molecule has 117 heavy (non-hydrogen) atoms. The largest absolute Gasteiger partial charge is 0.481 e. The molecule has 662 valence electrons. The zero-order chi connectivity index (χ0) is 89.4. The molecule has 0 rings (SSSR count). The predicted molar refractivity (Wildman–Crippen MR) is 422 cm³/mol. The molecule has 0 aromatic rings. The van der Waals surface area contributed by atoms with Crippen molar-refractivity contribution in [1.82, 2.24) is 85.1 Å². The van der Waals surface area contributed by atoms with E-state index in [0.717, 1.165) is 11.8 Å². The van der Waals surface area contributed by atoms with Crippen molar-refractivity contribution in [1.29, 1.82) is 0 Å². The summed E-state index contributed by atoms with van der Waals surface area (Å²) in [7, 11) is 0. The number of guanidine groups is 1. The van der Waals surface area contributed by atoms with E-state index in [0.29, 0.717) is 12.2 Å². The van der Waals surface area contributed by atoms with Gasteiger partial charge < -0.3 is 139 Å². The number of nitrogens with two attached hydrogens (primary N) is 5. The first-order valence-electron chi connectivity index (χ1n) is 37.3. The van der Waals surface area contributed by atoms with E-state index in [9.17, 15) is 121 Å². The van der Waals surface area contributed by atoms with Gasteiger partial charge in [0.15, 0.2) is 5.96 Å². The summed E-state index contributed by atoms with van der Waals surface area (Å²) in [5, 5.41) is 86.2. The number of carboxylic acids is 3. The third kappa shape index (κ3) is 45.9. The van der Waals surface area contributed by atoms with E-state index in [-0.39, 0.29) is 81.4 Å². The monoisotopic (exact) mass is 1710 g/mol. The first-order valence-corrected chi connectivity index (χ1v) is 39.8. The second-order valence-electron chi connectivity index (χ2n) is 27.9. The van der Waals surface area contributed by atoms with Crippen molar-refractivity contribution >= 4 is 148 Å². The SMILES string of the molecule is CSCC[C@H](NC(=O)CNC(=O)[C@H](C)NC(=O)[C@H](CCCN=C(N)N)NC(=O)[C@H](C)NC(=O)[C@H](CO)NC(=O)[C@@H](NC(=O)[C@H](CC(C)C)NC(=O)[C@H](CO)NC(=O)CNC(=O)CNC(=O)[C@H](CCC(=O)O)NC(=O)[C@H](CC(C)C)NC(=O)[C@H](CC(=O)O)NC(=O)[C@H](CCCCN)NC(=O)CNC(=O)[C@@H](N)CSCC(N)=O)C(C)C)C(=O)O. The summed E-state index contributed by atoms with van der Waals surface area (Å²) >= 11 is 2.33. The number of aliphatic carboxylic acids is 3. The van der Waals surface area contributed by atoms with Crippen molar-refractivity contribution in [3.8, 4) is 0 Å². The maximum Gasteiger partial charge on any atom is 0.326 e. The molecule has 0 aliphatic heterocycles. The highest BCUT2D eigenvalue weighted by Gasteiger charge is 2.37. The molecule has 0 radical (unpaired) electrons. The number of thioether (sulfide) groups is 2. The molecule has 0 bridgehead atoms. The quantitative estimate of drug-likeness (QED) is 0.0153. The van der Waals surface area contributed by atoms with E-state index in [2.05, 4.69) is 90.1 Å². The predicted octanol–water partition coefficient (Wildman–Crippen LogP) is -11.1. The van der Waals surface area contributed by atoms with E-state index in [1.54, 1.807) is 34.0 Å². The van der Waals surface area contributed by atoms with E-state index in [4.69, 9.17) is 28.7 Å². The van der Waals surface area contributed by atoms with Crippen LogP contribution in [0.1, 0.15) is 126 Å². The second-order valence-corrected chi connectivity index (χ2v) is 30.0. The van der Waals surface area contributed by atoms with Gasteiger partial charge in [-0.1, -0.05) is 41.5 Å². The first kappa shape index (κ1) is 106. The van der Waals surface area contributed by atoms with Crippen LogP contribution in [0.3, 0.4) is 0 Å². The van der Waals surface area contributed by atoms with Crippen LogP contribution in [0.2, 0.25) is 0 Å². The number of aliphatic hydroxyl groups excluding tert-OH is 2. The van der Waals surface area contributed by atoms with E-state index in [1.807, 2.05) is 0 Å². The summed E-state index contributed by atoms with van der Waals surface area (Å²) in [6.45, 7) is 6.78. The van der Waals surface area contributed by atoms with Crippen molar-refractivity contribution < 1.29 is 121 Å². The fraction of sp³-hybridized carbons (Fsp3) is 0.691. The van der Waals surface area contributed by atoms with E-state index in [1.165, 1.54) is 39.5 Å². The lowest BCUT2D eigenvalue weighted by atomic mass is 9.99. The molecule has 49 heteroatoms. The fourth-order valence-corrected chi connectivity index (χ4v) is 11.4. The highest BCUT2D eigenvalue weighted by molar-refractivity contribution is 8.00. The highest BCUT2D eigenvalue weighted by atomic mass is 32.2. The van der Waals surface area contributed by atoms with Gasteiger partial charge >= 0.3 is 17.9 Å². The standard InChI is InChI=1S/C68H118N22O25S2/c1-32(2)21-42(86-62(109)44(23-53(100)101)88-60(107)38(13-10-11-18-69)81-50(96)27-77-57(104)37(70)30-117-31-47(71)93)61(108)85-40(15-16-52(98)99)58(105)78-24-48(94)75-25-49(95)83-45(28-91)65(112)87-43(22-33(3)4)63(110)90-54(34(5)6)66(113)89-46(29-92)64(111)80-36(8)56(103)84-39(14-12-19-74-68(72)73)59(106)79-35(7)55(102)76-26-51(97)82-41(67(114)115)17-20-116-9/h32-46,54,91-92H,10-31,69-70H2,1-9H3,(H2,71,93)(H,75,94)(H,76,102)(H,77,104)(H,78,105)(H,79,106)(H,80,111)(H,81,96)(H,82,97)(H,83,95)(H,84,103)(H,85,108)(H,86,109)(H,87,112)(H,88,107)(H,89,113)(H,90,110)(H,98,99)(H,100,101)(H,114,115)(H4,72,73,74)/t35-,36-,37-,38-,39-,40-,41-,42-,43-,44-,45-,46-,54-/m0/s1. The van der Waals surface area contributed by atoms with E-state index < -0.39 is 267 Å². The summed E-state index contributed by atoms with van der Waals surface area (Å²) in [4.78, 5) is 265. The first-order chi connectivity index (χ1) is 54.8. The average molecular weight is 1710 g/mol. The van der Waals surface area contributed by atoms with Crippen molar-refractivity contribution in [3.63, 3.8) is 0 Å². The van der Waals surface area contributed by atoms with Crippen LogP contribution in [0.5, 0.6) is 0 Å².